The van der Waals surface area contributed by atoms with E-state index in [-0.39, 0.29) is 11.6 Å². The van der Waals surface area contributed by atoms with E-state index in [1.165, 1.54) is 12.8 Å². The van der Waals surface area contributed by atoms with Crippen LogP contribution in [0.4, 0.5) is 4.79 Å². The Hall–Kier alpha value is -1.56. The van der Waals surface area contributed by atoms with Crippen LogP contribution in [0.2, 0.25) is 0 Å². The van der Waals surface area contributed by atoms with E-state index >= 15 is 0 Å². The molecule has 23 heavy (non-hydrogen) atoms. The van der Waals surface area contributed by atoms with Gasteiger partial charge in [0.25, 0.3) is 0 Å². The normalized spacial score (nSPS) is 24.7. The van der Waals surface area contributed by atoms with Crippen molar-refractivity contribution in [1.82, 2.24) is 20.7 Å². The van der Waals surface area contributed by atoms with Crippen molar-refractivity contribution in [3.63, 3.8) is 0 Å². The first-order valence-electron chi connectivity index (χ1n) is 8.45. The van der Waals surface area contributed by atoms with Gasteiger partial charge in [-0.3, -0.25) is 0 Å². The highest BCUT2D eigenvalue weighted by Crippen LogP contribution is 2.35. The molecule has 1 fully saturated rings. The van der Waals surface area contributed by atoms with Gasteiger partial charge in [-0.2, -0.15) is 0 Å². The first-order chi connectivity index (χ1) is 10.8. The van der Waals surface area contributed by atoms with Crippen molar-refractivity contribution in [3.05, 3.63) is 17.0 Å². The zero-order valence-corrected chi connectivity index (χ0v) is 15.0. The molecule has 1 heterocycles. The molecule has 1 aliphatic carbocycles. The molecule has 6 nitrogen and oxygen atoms in total. The smallest absolute Gasteiger partial charge is 0.315 e. The molecule has 0 aromatic carbocycles. The molecule has 1 aromatic heterocycles. The van der Waals surface area contributed by atoms with Crippen molar-refractivity contribution in [3.8, 4) is 0 Å². The molecule has 0 aliphatic heterocycles. The van der Waals surface area contributed by atoms with Crippen LogP contribution < -0.4 is 10.6 Å². The molecule has 0 unspecified atom stereocenters. The predicted molar refractivity (Wildman–Crippen MR) is 90.3 cm³/mol. The quantitative estimate of drug-likeness (QED) is 0.874. The summed E-state index contributed by atoms with van der Waals surface area (Å²) in [6.07, 6.45) is 4.77. The lowest BCUT2D eigenvalue weighted by atomic mass is 9.75. The van der Waals surface area contributed by atoms with Gasteiger partial charge < -0.3 is 20.1 Å². The molecule has 0 radical (unpaired) electrons. The first kappa shape index (κ1) is 17.8. The largest absolute Gasteiger partial charge is 0.361 e. The summed E-state index contributed by atoms with van der Waals surface area (Å²) in [5.74, 6) is 1.46. The summed E-state index contributed by atoms with van der Waals surface area (Å²) in [6.45, 7) is 7.17. The fourth-order valence-corrected chi connectivity index (χ4v) is 3.59. The highest BCUT2D eigenvalue weighted by Gasteiger charge is 2.37. The summed E-state index contributed by atoms with van der Waals surface area (Å²) < 4.78 is 5.11. The van der Waals surface area contributed by atoms with Gasteiger partial charge in [0.2, 0.25) is 0 Å². The van der Waals surface area contributed by atoms with E-state index in [1.54, 1.807) is 0 Å². The lowest BCUT2D eigenvalue weighted by Crippen LogP contribution is -2.56. The molecule has 0 saturated heterocycles. The highest BCUT2D eigenvalue weighted by molar-refractivity contribution is 5.74. The third-order valence-electron chi connectivity index (χ3n) is 5.20. The minimum Gasteiger partial charge on any atom is -0.361 e. The number of nitrogens with one attached hydrogen (secondary N) is 2. The summed E-state index contributed by atoms with van der Waals surface area (Å²) >= 11 is 0. The second kappa shape index (κ2) is 7.34. The molecular formula is C17H30N4O2. The maximum absolute atomic E-state index is 12.2. The number of urea groups is 1. The van der Waals surface area contributed by atoms with E-state index < -0.39 is 0 Å². The van der Waals surface area contributed by atoms with Gasteiger partial charge in [0.15, 0.2) is 0 Å². The number of carbonyl (C=O) groups is 1. The molecular weight excluding hydrogens is 292 g/mol. The molecule has 1 aliphatic rings. The number of hydrogen-bond donors (Lipinski definition) is 2. The van der Waals surface area contributed by atoms with Gasteiger partial charge in [-0.05, 0) is 46.7 Å². The molecule has 2 atom stereocenters. The standard InChI is InChI=1S/C17H30N4O2/c1-12-7-6-8-17(9-12,21(4)5)11-19-16(22)18-10-15-13(2)20-23-14(15)3/h12H,6-11H2,1-5H3,(H2,18,19,22)/t12-,17+/m1/s1. The van der Waals surface area contributed by atoms with Crippen LogP contribution in [0, 0.1) is 19.8 Å². The second-order valence-electron chi connectivity index (χ2n) is 7.16. The number of hydrogen-bond acceptors (Lipinski definition) is 4. The Kier molecular flexibility index (Phi) is 5.68. The van der Waals surface area contributed by atoms with Gasteiger partial charge >= 0.3 is 6.03 Å². The summed E-state index contributed by atoms with van der Waals surface area (Å²) in [5, 5.41) is 9.86. The Bertz CT molecular complexity index is 521. The Labute approximate surface area is 139 Å². The van der Waals surface area contributed by atoms with E-state index in [2.05, 4.69) is 41.7 Å². The average Bonchev–Trinajstić information content (AvgIpc) is 2.82. The molecule has 2 amide bonds. The predicted octanol–water partition coefficient (Wildman–Crippen LogP) is 2.60. The maximum Gasteiger partial charge on any atom is 0.315 e. The molecule has 2 rings (SSSR count). The van der Waals surface area contributed by atoms with Gasteiger partial charge in [0.05, 0.1) is 5.69 Å². The van der Waals surface area contributed by atoms with Crippen LogP contribution in [0.25, 0.3) is 0 Å². The van der Waals surface area contributed by atoms with Crippen LogP contribution in [0.5, 0.6) is 0 Å². The van der Waals surface area contributed by atoms with Gasteiger partial charge in [0, 0.05) is 24.2 Å². The van der Waals surface area contributed by atoms with E-state index in [0.717, 1.165) is 29.9 Å². The molecule has 130 valence electrons. The van der Waals surface area contributed by atoms with Crippen molar-refractivity contribution in [2.24, 2.45) is 5.92 Å². The Morgan fingerprint density at radius 1 is 1.39 bits per heavy atom. The van der Waals surface area contributed by atoms with Crippen molar-refractivity contribution < 1.29 is 9.32 Å². The van der Waals surface area contributed by atoms with Gasteiger partial charge in [-0.25, -0.2) is 4.79 Å². The van der Waals surface area contributed by atoms with Crippen molar-refractivity contribution >= 4 is 6.03 Å². The number of nitrogens with zero attached hydrogens (tertiary/aromatic N) is 2. The topological polar surface area (TPSA) is 70.4 Å². The minimum atomic E-state index is -0.135. The fourth-order valence-electron chi connectivity index (χ4n) is 3.59. The summed E-state index contributed by atoms with van der Waals surface area (Å²) in [4.78, 5) is 14.4. The second-order valence-corrected chi connectivity index (χ2v) is 7.16. The van der Waals surface area contributed by atoms with Crippen molar-refractivity contribution in [2.45, 2.75) is 58.5 Å². The number of aromatic nitrogens is 1. The zero-order chi connectivity index (χ0) is 17.0. The third-order valence-corrected chi connectivity index (χ3v) is 5.20. The van der Waals surface area contributed by atoms with Crippen molar-refractivity contribution in [2.75, 3.05) is 20.6 Å². The van der Waals surface area contributed by atoms with Gasteiger partial charge in [0.1, 0.15) is 5.76 Å². The van der Waals surface area contributed by atoms with Crippen LogP contribution >= 0.6 is 0 Å². The molecule has 0 bridgehead atoms. The van der Waals surface area contributed by atoms with Crippen molar-refractivity contribution in [1.29, 1.82) is 0 Å². The van der Waals surface area contributed by atoms with Gasteiger partial charge in [-0.15, -0.1) is 0 Å². The lowest BCUT2D eigenvalue weighted by Gasteiger charge is -2.45. The van der Waals surface area contributed by atoms with Crippen LogP contribution in [-0.2, 0) is 6.54 Å². The van der Waals surface area contributed by atoms with E-state index in [1.807, 2.05) is 13.8 Å². The molecule has 0 spiro atoms. The van der Waals surface area contributed by atoms with E-state index in [0.29, 0.717) is 19.0 Å². The molecule has 1 saturated carbocycles. The Morgan fingerprint density at radius 2 is 2.13 bits per heavy atom. The minimum absolute atomic E-state index is 0.0675. The monoisotopic (exact) mass is 322 g/mol. The summed E-state index contributed by atoms with van der Waals surface area (Å²) in [6, 6.07) is -0.135. The van der Waals surface area contributed by atoms with Crippen LogP contribution in [0.3, 0.4) is 0 Å². The number of carbonyl (C=O) groups excluding carboxylic acids is 1. The zero-order valence-electron chi connectivity index (χ0n) is 15.0. The molecule has 2 N–H and O–H groups in total. The highest BCUT2D eigenvalue weighted by atomic mass is 16.5. The number of rotatable bonds is 5. The number of aryl methyl sites for hydroxylation is 2. The first-order valence-corrected chi connectivity index (χ1v) is 8.45. The van der Waals surface area contributed by atoms with Crippen LogP contribution in [0.15, 0.2) is 4.52 Å². The average molecular weight is 322 g/mol. The Morgan fingerprint density at radius 3 is 2.70 bits per heavy atom. The lowest BCUT2D eigenvalue weighted by molar-refractivity contribution is 0.0773. The number of likely N-dealkylation sites (N-methyl/N-ethyl adjacent to an activating group) is 1. The summed E-state index contributed by atoms with van der Waals surface area (Å²) in [5.41, 5.74) is 1.85. The molecule has 1 aromatic rings. The van der Waals surface area contributed by atoms with Crippen LogP contribution in [-0.4, -0.2) is 42.3 Å². The SMILES string of the molecule is Cc1noc(C)c1CNC(=O)NC[C@]1(N(C)C)CCC[C@@H](C)C1. The molecule has 6 heteroatoms. The third kappa shape index (κ3) is 4.25. The van der Waals surface area contributed by atoms with Gasteiger partial charge in [-0.1, -0.05) is 24.9 Å². The maximum atomic E-state index is 12.2. The fraction of sp³-hybridized carbons (Fsp3) is 0.765. The summed E-state index contributed by atoms with van der Waals surface area (Å²) in [7, 11) is 4.23. The number of amides is 2. The van der Waals surface area contributed by atoms with Crippen LogP contribution in [0.1, 0.15) is 49.6 Å². The van der Waals surface area contributed by atoms with E-state index in [4.69, 9.17) is 4.52 Å². The Balaban J connectivity index is 1.87. The van der Waals surface area contributed by atoms with E-state index in [9.17, 15) is 4.79 Å².